The number of piperidine rings is 1. The third-order valence-electron chi connectivity index (χ3n) is 3.95. The number of hydrogen-bond donors (Lipinski definition) is 1. The van der Waals surface area contributed by atoms with E-state index in [1.807, 2.05) is 13.8 Å². The molecule has 0 radical (unpaired) electrons. The molecule has 1 fully saturated rings. The van der Waals surface area contributed by atoms with Crippen molar-refractivity contribution < 1.29 is 13.2 Å². The average Bonchev–Trinajstić information content (AvgIpc) is 2.54. The van der Waals surface area contributed by atoms with Gasteiger partial charge in [0.15, 0.2) is 0 Å². The first kappa shape index (κ1) is 19.5. The van der Waals surface area contributed by atoms with E-state index in [1.165, 1.54) is 16.4 Å². The predicted octanol–water partition coefficient (Wildman–Crippen LogP) is 3.17. The molecule has 0 aromatic heterocycles. The van der Waals surface area contributed by atoms with E-state index in [1.54, 1.807) is 6.07 Å². The van der Waals surface area contributed by atoms with Gasteiger partial charge in [0.2, 0.25) is 15.9 Å². The van der Waals surface area contributed by atoms with Crippen molar-refractivity contribution in [3.8, 4) is 0 Å². The summed E-state index contributed by atoms with van der Waals surface area (Å²) in [5, 5.41) is 3.31. The second-order valence-corrected chi connectivity index (χ2v) is 9.17. The Kier molecular flexibility index (Phi) is 6.53. The standard InChI is InChI=1S/C16H22Cl2N2O3S/c1-11(2)9-19-16(21)12-4-3-7-20(10-12)24(22,23)15-8-13(17)5-6-14(15)18/h5-6,8,11-12H,3-4,7,9-10H2,1-2H3,(H,19,21)/t12-/m1/s1. The highest BCUT2D eigenvalue weighted by Crippen LogP contribution is 2.30. The topological polar surface area (TPSA) is 66.5 Å². The monoisotopic (exact) mass is 392 g/mol. The lowest BCUT2D eigenvalue weighted by molar-refractivity contribution is -0.126. The molecule has 1 heterocycles. The molecule has 1 aliphatic heterocycles. The SMILES string of the molecule is CC(C)CNC(=O)[C@@H]1CCCN(S(=O)(=O)c2cc(Cl)ccc2Cl)C1. The molecule has 8 heteroatoms. The highest BCUT2D eigenvalue weighted by atomic mass is 35.5. The lowest BCUT2D eigenvalue weighted by atomic mass is 9.98. The first-order chi connectivity index (χ1) is 11.2. The Hall–Kier alpha value is -0.820. The van der Waals surface area contributed by atoms with Crippen LogP contribution in [0.4, 0.5) is 0 Å². The fraction of sp³-hybridized carbons (Fsp3) is 0.562. The minimum atomic E-state index is -3.78. The van der Waals surface area contributed by atoms with Crippen molar-refractivity contribution >= 4 is 39.1 Å². The second-order valence-electron chi connectivity index (χ2n) is 6.42. The fourth-order valence-electron chi connectivity index (χ4n) is 2.64. The molecule has 0 unspecified atom stereocenters. The zero-order valence-electron chi connectivity index (χ0n) is 13.8. The Morgan fingerprint density at radius 2 is 2.08 bits per heavy atom. The van der Waals surface area contributed by atoms with E-state index in [-0.39, 0.29) is 28.3 Å². The van der Waals surface area contributed by atoms with Crippen molar-refractivity contribution in [2.75, 3.05) is 19.6 Å². The molecule has 1 N–H and O–H groups in total. The van der Waals surface area contributed by atoms with E-state index in [0.29, 0.717) is 36.9 Å². The number of rotatable bonds is 5. The number of halogens is 2. The van der Waals surface area contributed by atoms with Crippen LogP contribution in [-0.2, 0) is 14.8 Å². The summed E-state index contributed by atoms with van der Waals surface area (Å²) in [4.78, 5) is 12.2. The minimum Gasteiger partial charge on any atom is -0.356 e. The molecule has 134 valence electrons. The van der Waals surface area contributed by atoms with Gasteiger partial charge in [-0.1, -0.05) is 37.0 Å². The van der Waals surface area contributed by atoms with Crippen LogP contribution >= 0.6 is 23.2 Å². The van der Waals surface area contributed by atoms with Crippen LogP contribution in [0.5, 0.6) is 0 Å². The Bertz CT molecular complexity index is 707. The van der Waals surface area contributed by atoms with Gasteiger partial charge in [0.25, 0.3) is 0 Å². The van der Waals surface area contributed by atoms with Gasteiger partial charge in [-0.15, -0.1) is 0 Å². The van der Waals surface area contributed by atoms with Gasteiger partial charge in [-0.2, -0.15) is 4.31 Å². The van der Waals surface area contributed by atoms with Gasteiger partial charge in [-0.25, -0.2) is 8.42 Å². The Labute approximate surface area is 153 Å². The van der Waals surface area contributed by atoms with Gasteiger partial charge in [0.05, 0.1) is 10.9 Å². The summed E-state index contributed by atoms with van der Waals surface area (Å²) in [5.74, 6) is -0.0892. The maximum absolute atomic E-state index is 12.8. The molecule has 0 spiro atoms. The molecule has 1 amide bonds. The van der Waals surface area contributed by atoms with Gasteiger partial charge in [0.1, 0.15) is 4.90 Å². The van der Waals surface area contributed by atoms with Crippen LogP contribution in [0.3, 0.4) is 0 Å². The maximum Gasteiger partial charge on any atom is 0.244 e. The number of amides is 1. The van der Waals surface area contributed by atoms with E-state index in [0.717, 1.165) is 0 Å². The van der Waals surface area contributed by atoms with Crippen molar-refractivity contribution in [1.29, 1.82) is 0 Å². The zero-order valence-corrected chi connectivity index (χ0v) is 16.1. The lowest BCUT2D eigenvalue weighted by Crippen LogP contribution is -2.45. The summed E-state index contributed by atoms with van der Waals surface area (Å²) in [6, 6.07) is 4.36. The molecule has 1 aromatic rings. The van der Waals surface area contributed by atoms with Gasteiger partial charge < -0.3 is 5.32 Å². The third kappa shape index (κ3) is 4.63. The Morgan fingerprint density at radius 3 is 2.75 bits per heavy atom. The van der Waals surface area contributed by atoms with Crippen molar-refractivity contribution in [2.24, 2.45) is 11.8 Å². The van der Waals surface area contributed by atoms with Crippen LogP contribution < -0.4 is 5.32 Å². The van der Waals surface area contributed by atoms with Crippen molar-refractivity contribution in [3.05, 3.63) is 28.2 Å². The summed E-state index contributed by atoms with van der Waals surface area (Å²) in [7, 11) is -3.78. The predicted molar refractivity (Wildman–Crippen MR) is 95.8 cm³/mol. The first-order valence-corrected chi connectivity index (χ1v) is 10.1. The highest BCUT2D eigenvalue weighted by molar-refractivity contribution is 7.89. The van der Waals surface area contributed by atoms with Crippen LogP contribution in [0.1, 0.15) is 26.7 Å². The molecular weight excluding hydrogens is 371 g/mol. The van der Waals surface area contributed by atoms with E-state index in [2.05, 4.69) is 5.32 Å². The first-order valence-electron chi connectivity index (χ1n) is 7.94. The number of carbonyl (C=O) groups is 1. The summed E-state index contributed by atoms with van der Waals surface area (Å²) in [6.45, 7) is 5.15. The van der Waals surface area contributed by atoms with Crippen LogP contribution in [-0.4, -0.2) is 38.3 Å². The van der Waals surface area contributed by atoms with Gasteiger partial charge in [0, 0.05) is 24.7 Å². The number of hydrogen-bond acceptors (Lipinski definition) is 3. The van der Waals surface area contributed by atoms with Gasteiger partial charge in [-0.3, -0.25) is 4.79 Å². The number of nitrogens with zero attached hydrogens (tertiary/aromatic N) is 1. The number of sulfonamides is 1. The number of carbonyl (C=O) groups excluding carboxylic acids is 1. The van der Waals surface area contributed by atoms with Crippen LogP contribution in [0.25, 0.3) is 0 Å². The molecule has 0 bridgehead atoms. The largest absolute Gasteiger partial charge is 0.356 e. The smallest absolute Gasteiger partial charge is 0.244 e. The number of nitrogens with one attached hydrogen (secondary N) is 1. The molecule has 1 aliphatic rings. The van der Waals surface area contributed by atoms with Crippen LogP contribution in [0, 0.1) is 11.8 Å². The summed E-state index contributed by atoms with van der Waals surface area (Å²) in [6.07, 6.45) is 1.32. The van der Waals surface area contributed by atoms with Crippen molar-refractivity contribution in [2.45, 2.75) is 31.6 Å². The van der Waals surface area contributed by atoms with E-state index in [4.69, 9.17) is 23.2 Å². The molecule has 0 aliphatic carbocycles. The maximum atomic E-state index is 12.8. The Morgan fingerprint density at radius 1 is 1.38 bits per heavy atom. The van der Waals surface area contributed by atoms with Crippen molar-refractivity contribution in [3.63, 3.8) is 0 Å². The molecule has 2 rings (SSSR count). The third-order valence-corrected chi connectivity index (χ3v) is 6.53. The Balaban J connectivity index is 2.16. The zero-order chi connectivity index (χ0) is 17.9. The summed E-state index contributed by atoms with van der Waals surface area (Å²) >= 11 is 11.9. The normalized spacial score (nSPS) is 19.5. The van der Waals surface area contributed by atoms with E-state index in [9.17, 15) is 13.2 Å². The van der Waals surface area contributed by atoms with Crippen molar-refractivity contribution in [1.82, 2.24) is 9.62 Å². The summed E-state index contributed by atoms with van der Waals surface area (Å²) < 4.78 is 27.0. The fourth-order valence-corrected chi connectivity index (χ4v) is 4.90. The lowest BCUT2D eigenvalue weighted by Gasteiger charge is -2.31. The average molecular weight is 393 g/mol. The highest BCUT2D eigenvalue weighted by Gasteiger charge is 2.34. The van der Waals surface area contributed by atoms with E-state index >= 15 is 0 Å². The second kappa shape index (κ2) is 8.04. The molecule has 24 heavy (non-hydrogen) atoms. The molecule has 1 aromatic carbocycles. The molecule has 1 atom stereocenters. The molecule has 5 nitrogen and oxygen atoms in total. The van der Waals surface area contributed by atoms with Crippen LogP contribution in [0.15, 0.2) is 23.1 Å². The molecule has 0 saturated carbocycles. The van der Waals surface area contributed by atoms with Gasteiger partial charge >= 0.3 is 0 Å². The summed E-state index contributed by atoms with van der Waals surface area (Å²) in [5.41, 5.74) is 0. The quantitative estimate of drug-likeness (QED) is 0.836. The molecular formula is C16H22Cl2N2O3S. The van der Waals surface area contributed by atoms with Gasteiger partial charge in [-0.05, 0) is 37.0 Å². The van der Waals surface area contributed by atoms with E-state index < -0.39 is 10.0 Å². The molecule has 1 saturated heterocycles. The minimum absolute atomic E-state index is 0.0140. The number of benzene rings is 1. The van der Waals surface area contributed by atoms with Crippen LogP contribution in [0.2, 0.25) is 10.0 Å².